The summed E-state index contributed by atoms with van der Waals surface area (Å²) in [6, 6.07) is 7.35. The van der Waals surface area contributed by atoms with Gasteiger partial charge in [-0.25, -0.2) is 4.98 Å². The first-order valence-corrected chi connectivity index (χ1v) is 6.43. The van der Waals surface area contributed by atoms with Crippen molar-refractivity contribution >= 4 is 17.5 Å². The zero-order chi connectivity index (χ0) is 15.1. The van der Waals surface area contributed by atoms with Gasteiger partial charge in [0.1, 0.15) is 5.82 Å². The van der Waals surface area contributed by atoms with E-state index in [2.05, 4.69) is 27.2 Å². The van der Waals surface area contributed by atoms with Gasteiger partial charge in [0.25, 0.3) is 0 Å². The van der Waals surface area contributed by atoms with Crippen LogP contribution in [0.4, 0.5) is 17.5 Å². The summed E-state index contributed by atoms with van der Waals surface area (Å²) in [6.45, 7) is 4.25. The number of hydrogen-bond donors (Lipinski definition) is 2. The van der Waals surface area contributed by atoms with Crippen molar-refractivity contribution in [3.05, 3.63) is 43.1 Å². The lowest BCUT2D eigenvalue weighted by atomic mass is 10.2. The van der Waals surface area contributed by atoms with E-state index in [4.69, 9.17) is 9.47 Å². The Labute approximate surface area is 123 Å². The van der Waals surface area contributed by atoms with Crippen LogP contribution >= 0.6 is 0 Å². The molecule has 2 N–H and O–H groups in total. The van der Waals surface area contributed by atoms with E-state index in [1.807, 2.05) is 18.2 Å². The molecular weight excluding hydrogens is 268 g/mol. The highest BCUT2D eigenvalue weighted by molar-refractivity contribution is 5.61. The van der Waals surface area contributed by atoms with E-state index in [0.29, 0.717) is 29.8 Å². The third-order valence-electron chi connectivity index (χ3n) is 2.72. The molecule has 0 unspecified atom stereocenters. The zero-order valence-corrected chi connectivity index (χ0v) is 12.1. The zero-order valence-electron chi connectivity index (χ0n) is 12.1. The van der Waals surface area contributed by atoms with Crippen LogP contribution in [0.5, 0.6) is 11.5 Å². The van der Waals surface area contributed by atoms with Gasteiger partial charge in [-0.2, -0.15) is 4.98 Å². The summed E-state index contributed by atoms with van der Waals surface area (Å²) in [6.07, 6.45) is 3.43. The van der Waals surface area contributed by atoms with Crippen molar-refractivity contribution in [2.24, 2.45) is 0 Å². The molecule has 2 aromatic rings. The summed E-state index contributed by atoms with van der Waals surface area (Å²) in [7, 11) is 3.20. The number of methoxy groups -OCH3 is 2. The van der Waals surface area contributed by atoms with Crippen molar-refractivity contribution in [3.63, 3.8) is 0 Å². The topological polar surface area (TPSA) is 68.3 Å². The standard InChI is InChI=1S/C15H18N4O2/c1-4-8-16-15-17-9-7-14(19-15)18-11-5-6-12(20-2)13(10-11)21-3/h4-7,9-10H,1,8H2,2-3H3,(H2,16,17,18,19). The number of anilines is 3. The predicted molar refractivity (Wildman–Crippen MR) is 83.5 cm³/mol. The summed E-state index contributed by atoms with van der Waals surface area (Å²) in [4.78, 5) is 8.48. The molecule has 6 nitrogen and oxygen atoms in total. The SMILES string of the molecule is C=CCNc1nccc(Nc2ccc(OC)c(OC)c2)n1. The van der Waals surface area contributed by atoms with Crippen LogP contribution in [0.25, 0.3) is 0 Å². The van der Waals surface area contributed by atoms with Crippen LogP contribution in [0.3, 0.4) is 0 Å². The largest absolute Gasteiger partial charge is 0.493 e. The molecule has 0 aliphatic carbocycles. The minimum atomic E-state index is 0.542. The molecule has 2 rings (SSSR count). The lowest BCUT2D eigenvalue weighted by Crippen LogP contribution is -2.04. The molecule has 21 heavy (non-hydrogen) atoms. The number of nitrogens with one attached hydrogen (secondary N) is 2. The van der Waals surface area contributed by atoms with E-state index >= 15 is 0 Å². The number of nitrogens with zero attached hydrogens (tertiary/aromatic N) is 2. The quantitative estimate of drug-likeness (QED) is 0.763. The summed E-state index contributed by atoms with van der Waals surface area (Å²) >= 11 is 0. The van der Waals surface area contributed by atoms with Crippen LogP contribution in [0.15, 0.2) is 43.1 Å². The van der Waals surface area contributed by atoms with Crippen LogP contribution in [0.2, 0.25) is 0 Å². The number of aromatic nitrogens is 2. The molecule has 1 heterocycles. The second-order valence-corrected chi connectivity index (χ2v) is 4.13. The van der Waals surface area contributed by atoms with Crippen LogP contribution in [0, 0.1) is 0 Å². The van der Waals surface area contributed by atoms with Gasteiger partial charge in [-0.05, 0) is 18.2 Å². The van der Waals surface area contributed by atoms with Gasteiger partial charge in [0, 0.05) is 24.5 Å². The van der Waals surface area contributed by atoms with Gasteiger partial charge in [0.15, 0.2) is 11.5 Å². The van der Waals surface area contributed by atoms with Crippen molar-refractivity contribution in [2.45, 2.75) is 0 Å². The number of benzene rings is 1. The van der Waals surface area contributed by atoms with Crippen molar-refractivity contribution < 1.29 is 9.47 Å². The van der Waals surface area contributed by atoms with Gasteiger partial charge in [-0.15, -0.1) is 6.58 Å². The molecule has 0 aliphatic rings. The lowest BCUT2D eigenvalue weighted by Gasteiger charge is -2.11. The first-order chi connectivity index (χ1) is 10.3. The molecule has 0 aliphatic heterocycles. The second kappa shape index (κ2) is 7.14. The molecule has 0 saturated heterocycles. The molecule has 0 bridgehead atoms. The minimum absolute atomic E-state index is 0.542. The fourth-order valence-corrected chi connectivity index (χ4v) is 1.74. The molecule has 1 aromatic heterocycles. The lowest BCUT2D eigenvalue weighted by molar-refractivity contribution is 0.355. The maximum absolute atomic E-state index is 5.27. The maximum Gasteiger partial charge on any atom is 0.224 e. The van der Waals surface area contributed by atoms with E-state index < -0.39 is 0 Å². The molecule has 0 fully saturated rings. The Morgan fingerprint density at radius 1 is 1.19 bits per heavy atom. The van der Waals surface area contributed by atoms with Gasteiger partial charge in [0.2, 0.25) is 5.95 Å². The molecule has 0 atom stereocenters. The number of rotatable bonds is 7. The molecule has 0 amide bonds. The van der Waals surface area contributed by atoms with E-state index in [9.17, 15) is 0 Å². The molecule has 0 spiro atoms. The summed E-state index contributed by atoms with van der Waals surface area (Å²) in [5.41, 5.74) is 0.848. The Balaban J connectivity index is 2.15. The van der Waals surface area contributed by atoms with Crippen LogP contribution in [-0.4, -0.2) is 30.7 Å². The van der Waals surface area contributed by atoms with Gasteiger partial charge in [-0.1, -0.05) is 6.08 Å². The van der Waals surface area contributed by atoms with Crippen LogP contribution in [-0.2, 0) is 0 Å². The van der Waals surface area contributed by atoms with Crippen molar-refractivity contribution in [1.82, 2.24) is 9.97 Å². The fourth-order valence-electron chi connectivity index (χ4n) is 1.74. The third-order valence-corrected chi connectivity index (χ3v) is 2.72. The van der Waals surface area contributed by atoms with Gasteiger partial charge in [-0.3, -0.25) is 0 Å². The first kappa shape index (κ1) is 14.6. The Morgan fingerprint density at radius 2 is 2.00 bits per heavy atom. The molecule has 1 aromatic carbocycles. The normalized spacial score (nSPS) is 9.81. The Bertz CT molecular complexity index is 616. The van der Waals surface area contributed by atoms with Crippen molar-refractivity contribution in [1.29, 1.82) is 0 Å². The summed E-state index contributed by atoms with van der Waals surface area (Å²) in [5.74, 6) is 2.56. The van der Waals surface area contributed by atoms with E-state index in [0.717, 1.165) is 5.69 Å². The fraction of sp³-hybridized carbons (Fsp3) is 0.200. The summed E-state index contributed by atoms with van der Waals surface area (Å²) < 4.78 is 10.5. The summed E-state index contributed by atoms with van der Waals surface area (Å²) in [5, 5.41) is 6.23. The average Bonchev–Trinajstić information content (AvgIpc) is 2.53. The predicted octanol–water partition coefficient (Wildman–Crippen LogP) is 2.84. The Hall–Kier alpha value is -2.76. The van der Waals surface area contributed by atoms with E-state index in [-0.39, 0.29) is 0 Å². The highest BCUT2D eigenvalue weighted by Crippen LogP contribution is 2.30. The van der Waals surface area contributed by atoms with Crippen LogP contribution < -0.4 is 20.1 Å². The minimum Gasteiger partial charge on any atom is -0.493 e. The van der Waals surface area contributed by atoms with Crippen molar-refractivity contribution in [2.75, 3.05) is 31.4 Å². The van der Waals surface area contributed by atoms with Crippen molar-refractivity contribution in [3.8, 4) is 11.5 Å². The monoisotopic (exact) mass is 286 g/mol. The third kappa shape index (κ3) is 3.85. The molecule has 110 valence electrons. The highest BCUT2D eigenvalue weighted by Gasteiger charge is 2.05. The van der Waals surface area contributed by atoms with E-state index in [1.165, 1.54) is 0 Å². The first-order valence-electron chi connectivity index (χ1n) is 6.43. The van der Waals surface area contributed by atoms with E-state index in [1.54, 1.807) is 32.6 Å². The van der Waals surface area contributed by atoms with Gasteiger partial charge >= 0.3 is 0 Å². The Morgan fingerprint density at radius 3 is 2.71 bits per heavy atom. The molecule has 6 heteroatoms. The molecule has 0 radical (unpaired) electrons. The second-order valence-electron chi connectivity index (χ2n) is 4.13. The van der Waals surface area contributed by atoms with Gasteiger partial charge < -0.3 is 20.1 Å². The number of hydrogen-bond acceptors (Lipinski definition) is 6. The highest BCUT2D eigenvalue weighted by atomic mass is 16.5. The Kier molecular flexibility index (Phi) is 4.98. The van der Waals surface area contributed by atoms with Gasteiger partial charge in [0.05, 0.1) is 14.2 Å². The molecular formula is C15H18N4O2. The number of ether oxygens (including phenoxy) is 2. The molecule has 0 saturated carbocycles. The smallest absolute Gasteiger partial charge is 0.224 e. The average molecular weight is 286 g/mol. The maximum atomic E-state index is 5.27. The van der Waals surface area contributed by atoms with Crippen LogP contribution in [0.1, 0.15) is 0 Å².